The average Bonchev–Trinajstić information content (AvgIpc) is 2.65. The van der Waals surface area contributed by atoms with E-state index in [9.17, 15) is 4.39 Å². The molecule has 0 aliphatic carbocycles. The van der Waals surface area contributed by atoms with Crippen molar-refractivity contribution in [2.75, 3.05) is 13.2 Å². The van der Waals surface area contributed by atoms with Crippen molar-refractivity contribution < 1.29 is 9.50 Å². The van der Waals surface area contributed by atoms with Crippen LogP contribution in [0.3, 0.4) is 0 Å². The molecule has 1 aliphatic rings. The first-order valence-corrected chi connectivity index (χ1v) is 4.91. The lowest BCUT2D eigenvalue weighted by Gasteiger charge is -2.17. The number of aliphatic hydroxyl groups is 1. The minimum absolute atomic E-state index is 0.0804. The fourth-order valence-corrected chi connectivity index (χ4v) is 2.10. The van der Waals surface area contributed by atoms with E-state index >= 15 is 0 Å². The highest BCUT2D eigenvalue weighted by atomic mass is 19.1. The van der Waals surface area contributed by atoms with Crippen LogP contribution < -0.4 is 5.32 Å². The summed E-state index contributed by atoms with van der Waals surface area (Å²) >= 11 is 0. The minimum atomic E-state index is -0.203. The van der Waals surface area contributed by atoms with E-state index < -0.39 is 0 Å². The number of benzene rings is 1. The zero-order valence-electron chi connectivity index (χ0n) is 7.91. The Kier molecular flexibility index (Phi) is 2.79. The summed E-state index contributed by atoms with van der Waals surface area (Å²) in [5.41, 5.74) is 0.981. The Balaban J connectivity index is 2.21. The molecule has 1 aliphatic heterocycles. The highest BCUT2D eigenvalue weighted by molar-refractivity contribution is 5.23. The molecule has 0 bridgehead atoms. The van der Waals surface area contributed by atoms with Crippen LogP contribution >= 0.6 is 0 Å². The van der Waals surface area contributed by atoms with E-state index in [4.69, 9.17) is 5.11 Å². The van der Waals surface area contributed by atoms with Crippen molar-refractivity contribution >= 4 is 0 Å². The third-order valence-corrected chi connectivity index (χ3v) is 2.82. The lowest BCUT2D eigenvalue weighted by Crippen LogP contribution is -2.29. The predicted octanol–water partition coefficient (Wildman–Crippen LogP) is 1.26. The van der Waals surface area contributed by atoms with Gasteiger partial charge in [0.1, 0.15) is 5.82 Å². The van der Waals surface area contributed by atoms with Crippen LogP contribution in [0.25, 0.3) is 0 Å². The van der Waals surface area contributed by atoms with Crippen LogP contribution in [0.2, 0.25) is 0 Å². The maximum atomic E-state index is 13.0. The summed E-state index contributed by atoms with van der Waals surface area (Å²) < 4.78 is 13.0. The van der Waals surface area contributed by atoms with E-state index in [1.165, 1.54) is 6.07 Å². The summed E-state index contributed by atoms with van der Waals surface area (Å²) in [5, 5.41) is 12.3. The Morgan fingerprint density at radius 1 is 1.50 bits per heavy atom. The molecule has 76 valence electrons. The van der Waals surface area contributed by atoms with Crippen molar-refractivity contribution in [1.82, 2.24) is 5.32 Å². The Morgan fingerprint density at radius 2 is 2.36 bits per heavy atom. The van der Waals surface area contributed by atoms with Gasteiger partial charge in [-0.15, -0.1) is 0 Å². The van der Waals surface area contributed by atoms with E-state index in [0.29, 0.717) is 0 Å². The third kappa shape index (κ3) is 1.79. The smallest absolute Gasteiger partial charge is 0.123 e. The van der Waals surface area contributed by atoms with Gasteiger partial charge >= 0.3 is 0 Å². The van der Waals surface area contributed by atoms with Gasteiger partial charge < -0.3 is 10.4 Å². The monoisotopic (exact) mass is 195 g/mol. The molecule has 2 N–H and O–H groups in total. The van der Waals surface area contributed by atoms with Crippen LogP contribution in [0.5, 0.6) is 0 Å². The van der Waals surface area contributed by atoms with Gasteiger partial charge in [0.05, 0.1) is 6.61 Å². The Hall–Kier alpha value is -0.930. The van der Waals surface area contributed by atoms with Crippen molar-refractivity contribution in [2.45, 2.75) is 18.4 Å². The van der Waals surface area contributed by atoms with Crippen LogP contribution in [0.4, 0.5) is 4.39 Å². The molecule has 2 atom stereocenters. The second kappa shape index (κ2) is 4.07. The van der Waals surface area contributed by atoms with Gasteiger partial charge in [-0.3, -0.25) is 0 Å². The molecule has 1 fully saturated rings. The quantitative estimate of drug-likeness (QED) is 0.744. The number of hydrogen-bond donors (Lipinski definition) is 2. The molecule has 0 spiro atoms. The molecule has 1 heterocycles. The van der Waals surface area contributed by atoms with Crippen LogP contribution in [-0.2, 0) is 0 Å². The molecule has 0 saturated carbocycles. The van der Waals surface area contributed by atoms with E-state index in [0.717, 1.165) is 18.5 Å². The van der Waals surface area contributed by atoms with Crippen LogP contribution in [0.1, 0.15) is 17.9 Å². The second-order valence-electron chi connectivity index (χ2n) is 3.69. The lowest BCUT2D eigenvalue weighted by atomic mass is 9.92. The van der Waals surface area contributed by atoms with Crippen molar-refractivity contribution in [3.63, 3.8) is 0 Å². The molecule has 2 rings (SSSR count). The molecule has 1 saturated heterocycles. The van der Waals surface area contributed by atoms with Gasteiger partial charge in [0.25, 0.3) is 0 Å². The molecule has 0 amide bonds. The molecule has 1 aromatic carbocycles. The van der Waals surface area contributed by atoms with Crippen LogP contribution in [0, 0.1) is 5.82 Å². The van der Waals surface area contributed by atoms with Crippen LogP contribution in [-0.4, -0.2) is 24.3 Å². The van der Waals surface area contributed by atoms with Crippen molar-refractivity contribution in [3.8, 4) is 0 Å². The molecular weight excluding hydrogens is 181 g/mol. The van der Waals surface area contributed by atoms with Gasteiger partial charge in [0.15, 0.2) is 0 Å². The van der Waals surface area contributed by atoms with Gasteiger partial charge in [-0.1, -0.05) is 12.1 Å². The summed E-state index contributed by atoms with van der Waals surface area (Å²) in [6.45, 7) is 1.01. The van der Waals surface area contributed by atoms with Gasteiger partial charge in [0, 0.05) is 12.0 Å². The molecule has 0 radical (unpaired) electrons. The van der Waals surface area contributed by atoms with Gasteiger partial charge in [-0.2, -0.15) is 0 Å². The zero-order chi connectivity index (χ0) is 9.97. The predicted molar refractivity (Wildman–Crippen MR) is 52.6 cm³/mol. The fraction of sp³-hybridized carbons (Fsp3) is 0.455. The summed E-state index contributed by atoms with van der Waals surface area (Å²) in [4.78, 5) is 0. The van der Waals surface area contributed by atoms with Crippen molar-refractivity contribution in [3.05, 3.63) is 35.6 Å². The Labute approximate surface area is 82.8 Å². The highest BCUT2D eigenvalue weighted by Gasteiger charge is 2.27. The Bertz CT molecular complexity index is 316. The van der Waals surface area contributed by atoms with Gasteiger partial charge in [0.2, 0.25) is 0 Å². The number of halogens is 1. The first kappa shape index (κ1) is 9.62. The van der Waals surface area contributed by atoms with Gasteiger partial charge in [-0.05, 0) is 30.7 Å². The number of hydrogen-bond acceptors (Lipinski definition) is 2. The van der Waals surface area contributed by atoms with E-state index in [-0.39, 0.29) is 24.4 Å². The second-order valence-corrected chi connectivity index (χ2v) is 3.69. The van der Waals surface area contributed by atoms with Crippen LogP contribution in [0.15, 0.2) is 24.3 Å². The first-order chi connectivity index (χ1) is 6.81. The van der Waals surface area contributed by atoms with Crippen molar-refractivity contribution in [2.24, 2.45) is 0 Å². The average molecular weight is 195 g/mol. The molecule has 3 heteroatoms. The highest BCUT2D eigenvalue weighted by Crippen LogP contribution is 2.27. The molecule has 1 aromatic rings. The molecular formula is C11H14FNO. The van der Waals surface area contributed by atoms with E-state index in [1.54, 1.807) is 12.1 Å². The van der Waals surface area contributed by atoms with E-state index in [2.05, 4.69) is 5.32 Å². The maximum Gasteiger partial charge on any atom is 0.123 e. The number of rotatable bonds is 2. The minimum Gasteiger partial charge on any atom is -0.395 e. The van der Waals surface area contributed by atoms with E-state index in [1.807, 2.05) is 6.07 Å². The number of aliphatic hydroxyl groups excluding tert-OH is 1. The number of nitrogens with one attached hydrogen (secondary N) is 1. The molecule has 0 aromatic heterocycles. The summed E-state index contributed by atoms with van der Waals surface area (Å²) in [5.74, 6) is 0.0433. The topological polar surface area (TPSA) is 32.3 Å². The first-order valence-electron chi connectivity index (χ1n) is 4.91. The third-order valence-electron chi connectivity index (χ3n) is 2.82. The SMILES string of the molecule is OC[C@H]1NCC[C@@H]1c1cccc(F)c1. The summed E-state index contributed by atoms with van der Waals surface area (Å²) in [6, 6.07) is 6.72. The fourth-order valence-electron chi connectivity index (χ4n) is 2.10. The van der Waals surface area contributed by atoms with Crippen molar-refractivity contribution in [1.29, 1.82) is 0 Å². The zero-order valence-corrected chi connectivity index (χ0v) is 7.91. The largest absolute Gasteiger partial charge is 0.395 e. The summed E-state index contributed by atoms with van der Waals surface area (Å²) in [7, 11) is 0. The molecule has 2 nitrogen and oxygen atoms in total. The normalized spacial score (nSPS) is 26.7. The standard InChI is InChI=1S/C11H14FNO/c12-9-3-1-2-8(6-9)10-4-5-13-11(10)7-14/h1-3,6,10-11,13-14H,4-5,7H2/t10-,11-/m1/s1. The molecule has 0 unspecified atom stereocenters. The lowest BCUT2D eigenvalue weighted by molar-refractivity contribution is 0.245. The maximum absolute atomic E-state index is 13.0. The summed E-state index contributed by atoms with van der Waals surface area (Å²) in [6.07, 6.45) is 0.967. The Morgan fingerprint density at radius 3 is 3.07 bits per heavy atom. The van der Waals surface area contributed by atoms with Gasteiger partial charge in [-0.25, -0.2) is 4.39 Å². The molecule has 14 heavy (non-hydrogen) atoms.